The number of ether oxygens (including phenoxy) is 1. The molecule has 0 radical (unpaired) electrons. The highest BCUT2D eigenvalue weighted by molar-refractivity contribution is 5.87. The van der Waals surface area contributed by atoms with Crippen molar-refractivity contribution in [3.05, 3.63) is 34.8 Å². The van der Waals surface area contributed by atoms with Gasteiger partial charge < -0.3 is 14.3 Å². The summed E-state index contributed by atoms with van der Waals surface area (Å²) in [6.45, 7) is 10.0. The van der Waals surface area contributed by atoms with E-state index in [-0.39, 0.29) is 29.3 Å². The summed E-state index contributed by atoms with van der Waals surface area (Å²) in [5.41, 5.74) is 2.77. The van der Waals surface area contributed by atoms with Gasteiger partial charge in [-0.15, -0.1) is 0 Å². The Kier molecular flexibility index (Phi) is 4.37. The molecule has 3 rings (SSSR count). The molecule has 0 aromatic carbocycles. The fraction of sp³-hybridized carbons (Fsp3) is 0.650. The summed E-state index contributed by atoms with van der Waals surface area (Å²) >= 11 is 0. The number of carbonyl (C=O) groups excluding carboxylic acids is 1. The maximum Gasteiger partial charge on any atom is 0.333 e. The lowest BCUT2D eigenvalue weighted by molar-refractivity contribution is -0.161. The molecule has 0 spiro atoms. The predicted octanol–water partition coefficient (Wildman–Crippen LogP) is 4.11. The molecule has 1 heterocycles. The van der Waals surface area contributed by atoms with Crippen LogP contribution in [-0.4, -0.2) is 17.2 Å². The highest BCUT2D eigenvalue weighted by atomic mass is 16.5. The normalized spacial score (nSPS) is 36.0. The number of allylic oxidation sites excluding steroid dienone is 1. The number of furan rings is 1. The van der Waals surface area contributed by atoms with Crippen molar-refractivity contribution < 1.29 is 19.1 Å². The number of hydrogen-bond donors (Lipinski definition) is 1. The van der Waals surface area contributed by atoms with Crippen LogP contribution in [0.5, 0.6) is 0 Å². The van der Waals surface area contributed by atoms with Crippen molar-refractivity contribution in [1.29, 1.82) is 0 Å². The van der Waals surface area contributed by atoms with Crippen LogP contribution in [0, 0.1) is 24.2 Å². The van der Waals surface area contributed by atoms with Crippen LogP contribution in [0.1, 0.15) is 63.5 Å². The van der Waals surface area contributed by atoms with Gasteiger partial charge in [-0.05, 0) is 68.4 Å². The first-order chi connectivity index (χ1) is 11.3. The SMILES string of the molecule is C/C=C(/C)C(=O)O[C@H]1CC[C@@H]2[C@@H](O)c3occ(C)c3C[C@]2(C)[C@H]1C. The maximum atomic E-state index is 12.2. The second-order valence-electron chi connectivity index (χ2n) is 7.78. The lowest BCUT2D eigenvalue weighted by Crippen LogP contribution is -2.51. The zero-order valence-corrected chi connectivity index (χ0v) is 15.3. The first-order valence-electron chi connectivity index (χ1n) is 8.88. The molecular formula is C20H28O4. The first kappa shape index (κ1) is 17.3. The van der Waals surface area contributed by atoms with Crippen LogP contribution in [0.15, 0.2) is 22.3 Å². The quantitative estimate of drug-likeness (QED) is 0.654. The van der Waals surface area contributed by atoms with Gasteiger partial charge in [0.15, 0.2) is 0 Å². The Balaban J connectivity index is 1.87. The van der Waals surface area contributed by atoms with Gasteiger partial charge in [0.1, 0.15) is 18.0 Å². The predicted molar refractivity (Wildman–Crippen MR) is 91.4 cm³/mol. The second kappa shape index (κ2) is 6.07. The van der Waals surface area contributed by atoms with Gasteiger partial charge in [0.2, 0.25) is 0 Å². The van der Waals surface area contributed by atoms with Crippen molar-refractivity contribution in [2.45, 2.75) is 66.1 Å². The van der Waals surface area contributed by atoms with E-state index in [1.807, 2.05) is 13.8 Å². The lowest BCUT2D eigenvalue weighted by atomic mass is 9.54. The average Bonchev–Trinajstić information content (AvgIpc) is 2.91. The van der Waals surface area contributed by atoms with Gasteiger partial charge in [0.05, 0.1) is 6.26 Å². The molecule has 0 saturated heterocycles. The number of aryl methyl sites for hydroxylation is 1. The molecule has 0 unspecified atom stereocenters. The third-order valence-electron chi connectivity index (χ3n) is 6.56. The van der Waals surface area contributed by atoms with Crippen LogP contribution in [0.4, 0.5) is 0 Å². The Bertz CT molecular complexity index is 671. The molecule has 1 saturated carbocycles. The molecule has 24 heavy (non-hydrogen) atoms. The zero-order chi connectivity index (χ0) is 17.6. The van der Waals surface area contributed by atoms with Gasteiger partial charge in [0, 0.05) is 5.57 Å². The molecule has 0 bridgehead atoms. The van der Waals surface area contributed by atoms with E-state index in [1.165, 1.54) is 0 Å². The van der Waals surface area contributed by atoms with E-state index < -0.39 is 6.10 Å². The van der Waals surface area contributed by atoms with Crippen molar-refractivity contribution in [2.24, 2.45) is 17.3 Å². The molecule has 2 aliphatic carbocycles. The van der Waals surface area contributed by atoms with E-state index in [0.717, 1.165) is 36.1 Å². The summed E-state index contributed by atoms with van der Waals surface area (Å²) < 4.78 is 11.4. The summed E-state index contributed by atoms with van der Waals surface area (Å²) in [5, 5.41) is 10.8. The molecule has 1 aromatic rings. The Morgan fingerprint density at radius 3 is 2.83 bits per heavy atom. The summed E-state index contributed by atoms with van der Waals surface area (Å²) in [5.74, 6) is 0.834. The van der Waals surface area contributed by atoms with Gasteiger partial charge in [-0.25, -0.2) is 4.79 Å². The summed E-state index contributed by atoms with van der Waals surface area (Å²) in [7, 11) is 0. The Hall–Kier alpha value is -1.55. The Labute approximate surface area is 143 Å². The second-order valence-corrected chi connectivity index (χ2v) is 7.78. The summed E-state index contributed by atoms with van der Waals surface area (Å²) in [6, 6.07) is 0. The number of fused-ring (bicyclic) bond motifs is 2. The van der Waals surface area contributed by atoms with Gasteiger partial charge in [0.25, 0.3) is 0 Å². The molecule has 5 atom stereocenters. The summed E-state index contributed by atoms with van der Waals surface area (Å²) in [6.07, 6.45) is 5.35. The van der Waals surface area contributed by atoms with Crippen LogP contribution in [0.2, 0.25) is 0 Å². The van der Waals surface area contributed by atoms with Gasteiger partial charge in [-0.3, -0.25) is 0 Å². The number of rotatable bonds is 2. The fourth-order valence-electron chi connectivity index (χ4n) is 4.53. The van der Waals surface area contributed by atoms with E-state index in [0.29, 0.717) is 5.57 Å². The number of esters is 1. The van der Waals surface area contributed by atoms with Gasteiger partial charge in [-0.1, -0.05) is 19.9 Å². The molecule has 4 heteroatoms. The topological polar surface area (TPSA) is 59.7 Å². The van der Waals surface area contributed by atoms with Crippen LogP contribution < -0.4 is 0 Å². The molecule has 4 nitrogen and oxygen atoms in total. The molecule has 2 aliphatic rings. The fourth-order valence-corrected chi connectivity index (χ4v) is 4.53. The van der Waals surface area contributed by atoms with Crippen LogP contribution in [0.25, 0.3) is 0 Å². The van der Waals surface area contributed by atoms with E-state index >= 15 is 0 Å². The van der Waals surface area contributed by atoms with Crippen LogP contribution in [-0.2, 0) is 16.0 Å². The van der Waals surface area contributed by atoms with E-state index in [1.54, 1.807) is 19.3 Å². The van der Waals surface area contributed by atoms with E-state index in [4.69, 9.17) is 9.15 Å². The third kappa shape index (κ3) is 2.52. The van der Waals surface area contributed by atoms with Crippen molar-refractivity contribution in [1.82, 2.24) is 0 Å². The number of aliphatic hydroxyl groups excluding tert-OH is 1. The minimum atomic E-state index is -0.566. The highest BCUT2D eigenvalue weighted by Crippen LogP contribution is 2.57. The number of aliphatic hydroxyl groups is 1. The molecule has 1 aromatic heterocycles. The summed E-state index contributed by atoms with van der Waals surface area (Å²) in [4.78, 5) is 12.2. The first-order valence-corrected chi connectivity index (χ1v) is 8.88. The third-order valence-corrected chi connectivity index (χ3v) is 6.56. The van der Waals surface area contributed by atoms with Crippen molar-refractivity contribution >= 4 is 5.97 Å². The van der Waals surface area contributed by atoms with Crippen LogP contribution in [0.3, 0.4) is 0 Å². The standard InChI is InChI=1S/C20H28O4/c1-6-11(2)19(22)24-16-8-7-15-17(21)18-14(12(3)10-23-18)9-20(15,5)13(16)4/h6,10,13,15-17,21H,7-9H2,1-5H3/b11-6-/t13-,15+,16-,17+,20+/m0/s1. The molecule has 1 fully saturated rings. The van der Waals surface area contributed by atoms with Gasteiger partial charge in [-0.2, -0.15) is 0 Å². The largest absolute Gasteiger partial charge is 0.466 e. The Morgan fingerprint density at radius 1 is 1.46 bits per heavy atom. The molecule has 0 aliphatic heterocycles. The number of carbonyl (C=O) groups is 1. The lowest BCUT2D eigenvalue weighted by Gasteiger charge is -2.53. The molecule has 1 N–H and O–H groups in total. The minimum absolute atomic E-state index is 0.102. The smallest absolute Gasteiger partial charge is 0.333 e. The zero-order valence-electron chi connectivity index (χ0n) is 15.3. The Morgan fingerprint density at radius 2 is 2.17 bits per heavy atom. The average molecular weight is 332 g/mol. The maximum absolute atomic E-state index is 12.2. The molecular weight excluding hydrogens is 304 g/mol. The molecule has 132 valence electrons. The minimum Gasteiger partial charge on any atom is -0.466 e. The molecule has 0 amide bonds. The van der Waals surface area contributed by atoms with Gasteiger partial charge >= 0.3 is 5.97 Å². The van der Waals surface area contributed by atoms with E-state index in [2.05, 4.69) is 13.8 Å². The van der Waals surface area contributed by atoms with Crippen molar-refractivity contribution in [2.75, 3.05) is 0 Å². The van der Waals surface area contributed by atoms with Crippen molar-refractivity contribution in [3.63, 3.8) is 0 Å². The van der Waals surface area contributed by atoms with E-state index in [9.17, 15) is 9.90 Å². The van der Waals surface area contributed by atoms with Crippen LogP contribution >= 0.6 is 0 Å². The van der Waals surface area contributed by atoms with Crippen molar-refractivity contribution in [3.8, 4) is 0 Å². The number of hydrogen-bond acceptors (Lipinski definition) is 4. The highest BCUT2D eigenvalue weighted by Gasteiger charge is 2.54. The monoisotopic (exact) mass is 332 g/mol.